The van der Waals surface area contributed by atoms with Gasteiger partial charge in [0.2, 0.25) is 0 Å². The van der Waals surface area contributed by atoms with Crippen LogP contribution in [0.15, 0.2) is 5.10 Å². The van der Waals surface area contributed by atoms with Crippen molar-refractivity contribution in [3.63, 3.8) is 0 Å². The molecule has 1 aliphatic carbocycles. The average Bonchev–Trinajstić information content (AvgIpc) is 2.19. The number of nitrogens with zero attached hydrogens (tertiary/aromatic N) is 1. The number of primary amides is 1. The number of carbonyl (C=O) groups is 2. The van der Waals surface area contributed by atoms with Crippen LogP contribution in [0.1, 0.15) is 32.1 Å². The van der Waals surface area contributed by atoms with E-state index < -0.39 is 11.8 Å². The van der Waals surface area contributed by atoms with E-state index in [4.69, 9.17) is 5.73 Å². The fourth-order valence-corrected chi connectivity index (χ4v) is 1.54. The first-order valence-electron chi connectivity index (χ1n) is 4.83. The average molecular weight is 197 g/mol. The summed E-state index contributed by atoms with van der Waals surface area (Å²) < 4.78 is 0. The van der Waals surface area contributed by atoms with Crippen LogP contribution in [-0.4, -0.2) is 18.0 Å². The minimum absolute atomic E-state index is 0.428. The van der Waals surface area contributed by atoms with Gasteiger partial charge in [0, 0.05) is 6.21 Å². The predicted molar refractivity (Wildman–Crippen MR) is 52.4 cm³/mol. The van der Waals surface area contributed by atoms with Gasteiger partial charge in [-0.2, -0.15) is 5.10 Å². The van der Waals surface area contributed by atoms with Crippen molar-refractivity contribution in [2.24, 2.45) is 16.8 Å². The third kappa shape index (κ3) is 3.55. The van der Waals surface area contributed by atoms with Gasteiger partial charge >= 0.3 is 11.8 Å². The van der Waals surface area contributed by atoms with Gasteiger partial charge in [-0.15, -0.1) is 0 Å². The van der Waals surface area contributed by atoms with Crippen LogP contribution in [0.4, 0.5) is 0 Å². The minimum Gasteiger partial charge on any atom is -0.361 e. The second kappa shape index (κ2) is 5.36. The molecule has 0 aromatic carbocycles. The van der Waals surface area contributed by atoms with Gasteiger partial charge in [-0.1, -0.05) is 19.3 Å². The molecule has 0 heterocycles. The Balaban J connectivity index is 2.25. The van der Waals surface area contributed by atoms with Crippen molar-refractivity contribution in [1.29, 1.82) is 0 Å². The summed E-state index contributed by atoms with van der Waals surface area (Å²) in [5.41, 5.74) is 6.82. The summed E-state index contributed by atoms with van der Waals surface area (Å²) in [7, 11) is 0. The lowest BCUT2D eigenvalue weighted by atomic mass is 9.90. The van der Waals surface area contributed by atoms with Gasteiger partial charge in [-0.3, -0.25) is 9.59 Å². The largest absolute Gasteiger partial charge is 0.361 e. The van der Waals surface area contributed by atoms with Crippen molar-refractivity contribution in [3.05, 3.63) is 0 Å². The van der Waals surface area contributed by atoms with E-state index in [1.165, 1.54) is 19.3 Å². The van der Waals surface area contributed by atoms with Crippen molar-refractivity contribution in [3.8, 4) is 0 Å². The molecule has 5 nitrogen and oxygen atoms in total. The number of rotatable bonds is 2. The monoisotopic (exact) mass is 197 g/mol. The van der Waals surface area contributed by atoms with E-state index in [1.807, 2.05) is 0 Å². The summed E-state index contributed by atoms with van der Waals surface area (Å²) in [6, 6.07) is 0. The SMILES string of the molecule is NC(=O)C(=O)NN=CC1CCCCC1. The summed E-state index contributed by atoms with van der Waals surface area (Å²) in [6.45, 7) is 0. The zero-order valence-corrected chi connectivity index (χ0v) is 8.03. The molecule has 0 aliphatic heterocycles. The normalized spacial score (nSPS) is 18.3. The Morgan fingerprint density at radius 2 is 1.93 bits per heavy atom. The third-order valence-corrected chi connectivity index (χ3v) is 2.33. The predicted octanol–water partition coefficient (Wildman–Crippen LogP) is 0.154. The lowest BCUT2D eigenvalue weighted by Gasteiger charge is -2.16. The van der Waals surface area contributed by atoms with Gasteiger partial charge in [-0.05, 0) is 18.8 Å². The zero-order valence-electron chi connectivity index (χ0n) is 8.03. The highest BCUT2D eigenvalue weighted by molar-refractivity contribution is 6.34. The molecular weight excluding hydrogens is 182 g/mol. The lowest BCUT2D eigenvalue weighted by molar-refractivity contribution is -0.137. The van der Waals surface area contributed by atoms with Crippen LogP contribution in [0.2, 0.25) is 0 Å². The van der Waals surface area contributed by atoms with Crippen molar-refractivity contribution in [2.45, 2.75) is 32.1 Å². The van der Waals surface area contributed by atoms with Gasteiger partial charge in [0.05, 0.1) is 0 Å². The standard InChI is InChI=1S/C9H15N3O2/c10-8(13)9(14)12-11-6-7-4-2-1-3-5-7/h6-7H,1-5H2,(H2,10,13)(H,12,14). The van der Waals surface area contributed by atoms with Crippen LogP contribution in [-0.2, 0) is 9.59 Å². The lowest BCUT2D eigenvalue weighted by Crippen LogP contribution is -2.33. The molecule has 2 amide bonds. The molecule has 0 aromatic rings. The Bertz CT molecular complexity index is 244. The molecule has 0 radical (unpaired) electrons. The van der Waals surface area contributed by atoms with Crippen molar-refractivity contribution in [2.75, 3.05) is 0 Å². The number of hydrogen-bond donors (Lipinski definition) is 2. The molecule has 1 rings (SSSR count). The number of carbonyl (C=O) groups excluding carboxylic acids is 2. The molecule has 14 heavy (non-hydrogen) atoms. The first kappa shape index (κ1) is 10.7. The summed E-state index contributed by atoms with van der Waals surface area (Å²) >= 11 is 0. The van der Waals surface area contributed by atoms with Crippen molar-refractivity contribution >= 4 is 18.0 Å². The van der Waals surface area contributed by atoms with Crippen molar-refractivity contribution in [1.82, 2.24) is 5.43 Å². The fraction of sp³-hybridized carbons (Fsp3) is 0.667. The van der Waals surface area contributed by atoms with Crippen LogP contribution in [0.3, 0.4) is 0 Å². The maximum atomic E-state index is 10.7. The van der Waals surface area contributed by atoms with Crippen LogP contribution >= 0.6 is 0 Å². The smallest absolute Gasteiger partial charge is 0.329 e. The highest BCUT2D eigenvalue weighted by Crippen LogP contribution is 2.21. The molecule has 78 valence electrons. The Morgan fingerprint density at radius 1 is 1.29 bits per heavy atom. The fourth-order valence-electron chi connectivity index (χ4n) is 1.54. The third-order valence-electron chi connectivity index (χ3n) is 2.33. The molecule has 0 unspecified atom stereocenters. The Morgan fingerprint density at radius 3 is 2.50 bits per heavy atom. The van der Waals surface area contributed by atoms with E-state index >= 15 is 0 Å². The molecule has 0 saturated heterocycles. The Kier molecular flexibility index (Phi) is 4.10. The quantitative estimate of drug-likeness (QED) is 0.375. The van der Waals surface area contributed by atoms with E-state index in [2.05, 4.69) is 10.5 Å². The van der Waals surface area contributed by atoms with E-state index in [0.29, 0.717) is 5.92 Å². The maximum absolute atomic E-state index is 10.7. The summed E-state index contributed by atoms with van der Waals surface area (Å²) in [6.07, 6.45) is 7.60. The van der Waals surface area contributed by atoms with Gasteiger partial charge in [0.1, 0.15) is 0 Å². The van der Waals surface area contributed by atoms with Crippen LogP contribution in [0, 0.1) is 5.92 Å². The van der Waals surface area contributed by atoms with E-state index in [9.17, 15) is 9.59 Å². The molecular formula is C9H15N3O2. The summed E-state index contributed by atoms with van der Waals surface area (Å²) in [4.78, 5) is 21.0. The molecule has 0 atom stereocenters. The number of hydrogen-bond acceptors (Lipinski definition) is 3. The molecule has 1 saturated carbocycles. The number of nitrogens with one attached hydrogen (secondary N) is 1. The molecule has 1 aliphatic rings. The molecule has 3 N–H and O–H groups in total. The van der Waals surface area contributed by atoms with Gasteiger partial charge in [0.15, 0.2) is 0 Å². The second-order valence-corrected chi connectivity index (χ2v) is 3.48. The molecule has 0 spiro atoms. The summed E-state index contributed by atoms with van der Waals surface area (Å²) in [5, 5.41) is 3.69. The van der Waals surface area contributed by atoms with Gasteiger partial charge < -0.3 is 5.73 Å². The molecule has 1 fully saturated rings. The first-order valence-corrected chi connectivity index (χ1v) is 4.83. The molecule has 5 heteroatoms. The first-order chi connectivity index (χ1) is 6.70. The Hall–Kier alpha value is -1.39. The van der Waals surface area contributed by atoms with Crippen LogP contribution in [0.5, 0.6) is 0 Å². The van der Waals surface area contributed by atoms with Crippen LogP contribution in [0.25, 0.3) is 0 Å². The molecule has 0 aromatic heterocycles. The minimum atomic E-state index is -1.01. The second-order valence-electron chi connectivity index (χ2n) is 3.48. The topological polar surface area (TPSA) is 84.5 Å². The maximum Gasteiger partial charge on any atom is 0.329 e. The van der Waals surface area contributed by atoms with E-state index in [-0.39, 0.29) is 0 Å². The van der Waals surface area contributed by atoms with Crippen LogP contribution < -0.4 is 11.2 Å². The number of hydrazone groups is 1. The number of amides is 2. The highest BCUT2D eigenvalue weighted by Gasteiger charge is 2.11. The summed E-state index contributed by atoms with van der Waals surface area (Å²) in [5.74, 6) is -1.44. The highest BCUT2D eigenvalue weighted by atomic mass is 16.2. The molecule has 0 bridgehead atoms. The van der Waals surface area contributed by atoms with Gasteiger partial charge in [0.25, 0.3) is 0 Å². The van der Waals surface area contributed by atoms with Gasteiger partial charge in [-0.25, -0.2) is 5.43 Å². The van der Waals surface area contributed by atoms with Crippen molar-refractivity contribution < 1.29 is 9.59 Å². The number of nitrogens with two attached hydrogens (primary N) is 1. The Labute approximate surface area is 82.7 Å². The van der Waals surface area contributed by atoms with E-state index in [1.54, 1.807) is 6.21 Å². The van der Waals surface area contributed by atoms with E-state index in [0.717, 1.165) is 12.8 Å². The zero-order chi connectivity index (χ0) is 10.4.